The molecule has 1 aromatic heterocycles. The molecule has 1 aromatic carbocycles. The Morgan fingerprint density at radius 1 is 1.13 bits per heavy atom. The van der Waals surface area contributed by atoms with Gasteiger partial charge in [-0.05, 0) is 64.5 Å². The molecule has 0 bridgehead atoms. The first-order valence-corrected chi connectivity index (χ1v) is 13.4. The van der Waals surface area contributed by atoms with Crippen LogP contribution in [0.4, 0.5) is 17.6 Å². The van der Waals surface area contributed by atoms with Crippen molar-refractivity contribution in [1.29, 1.82) is 0 Å². The van der Waals surface area contributed by atoms with Crippen molar-refractivity contribution < 1.29 is 31.9 Å². The molecule has 0 unspecified atom stereocenters. The smallest absolute Gasteiger partial charge is 0.330 e. The largest absolute Gasteiger partial charge is 0.396 e. The Kier molecular flexibility index (Phi) is 7.95. The second kappa shape index (κ2) is 10.5. The SMILES string of the molecule is CC(=O)C1(C)CCC(n2ncc(C(=O)N(CC(=O)c3c(Cl)ccc(F)c3Cl)CC3(C(F)(F)F)CC3)c2C)CC1. The number of alkyl halides is 3. The maximum absolute atomic E-state index is 14.0. The van der Waals surface area contributed by atoms with Gasteiger partial charge < -0.3 is 4.90 Å². The molecule has 2 aliphatic rings. The monoisotopic (exact) mass is 589 g/mol. The first-order chi connectivity index (χ1) is 18.1. The lowest BCUT2D eigenvalue weighted by molar-refractivity contribution is -0.189. The fourth-order valence-corrected chi connectivity index (χ4v) is 5.87. The van der Waals surface area contributed by atoms with E-state index in [4.69, 9.17) is 23.2 Å². The fourth-order valence-electron chi connectivity index (χ4n) is 5.29. The predicted molar refractivity (Wildman–Crippen MR) is 138 cm³/mol. The van der Waals surface area contributed by atoms with Gasteiger partial charge in [0.1, 0.15) is 11.6 Å². The van der Waals surface area contributed by atoms with E-state index in [1.54, 1.807) is 18.5 Å². The van der Waals surface area contributed by atoms with Gasteiger partial charge >= 0.3 is 6.18 Å². The molecule has 4 rings (SSSR count). The van der Waals surface area contributed by atoms with Crippen LogP contribution in [-0.2, 0) is 4.79 Å². The summed E-state index contributed by atoms with van der Waals surface area (Å²) in [5.41, 5.74) is -2.41. The summed E-state index contributed by atoms with van der Waals surface area (Å²) in [5, 5.41) is 3.63. The first-order valence-electron chi connectivity index (χ1n) is 12.7. The Labute approximate surface area is 233 Å². The minimum atomic E-state index is -4.58. The quantitative estimate of drug-likeness (QED) is 0.188. The minimum Gasteiger partial charge on any atom is -0.330 e. The summed E-state index contributed by atoms with van der Waals surface area (Å²) in [4.78, 5) is 39.7. The van der Waals surface area contributed by atoms with Crippen LogP contribution in [0.15, 0.2) is 18.3 Å². The summed E-state index contributed by atoms with van der Waals surface area (Å²) in [5.74, 6) is -2.47. The molecule has 0 radical (unpaired) electrons. The zero-order chi connectivity index (χ0) is 28.9. The number of halogens is 6. The number of nitrogens with zero attached hydrogens (tertiary/aromatic N) is 3. The first kappa shape index (κ1) is 29.5. The van der Waals surface area contributed by atoms with E-state index in [9.17, 15) is 31.9 Å². The number of hydrogen-bond donors (Lipinski definition) is 0. The van der Waals surface area contributed by atoms with Crippen molar-refractivity contribution >= 4 is 40.7 Å². The molecule has 0 atom stereocenters. The molecule has 1 amide bonds. The van der Waals surface area contributed by atoms with E-state index in [1.807, 2.05) is 6.92 Å². The molecule has 0 saturated heterocycles. The van der Waals surface area contributed by atoms with Crippen molar-refractivity contribution in [3.63, 3.8) is 0 Å². The predicted octanol–water partition coefficient (Wildman–Crippen LogP) is 7.02. The molecule has 212 valence electrons. The molecule has 2 fully saturated rings. The second-order valence-electron chi connectivity index (χ2n) is 11.0. The highest BCUT2D eigenvalue weighted by atomic mass is 35.5. The number of benzene rings is 1. The van der Waals surface area contributed by atoms with Crippen LogP contribution in [0.1, 0.15) is 84.8 Å². The molecule has 2 aliphatic carbocycles. The number of amides is 1. The number of hydrogen-bond acceptors (Lipinski definition) is 4. The maximum Gasteiger partial charge on any atom is 0.396 e. The van der Waals surface area contributed by atoms with Gasteiger partial charge in [0.2, 0.25) is 0 Å². The Morgan fingerprint density at radius 2 is 1.74 bits per heavy atom. The van der Waals surface area contributed by atoms with Crippen LogP contribution >= 0.6 is 23.2 Å². The van der Waals surface area contributed by atoms with Gasteiger partial charge in [-0.3, -0.25) is 19.1 Å². The van der Waals surface area contributed by atoms with E-state index in [1.165, 1.54) is 6.20 Å². The van der Waals surface area contributed by atoms with E-state index in [0.29, 0.717) is 31.4 Å². The molecule has 0 N–H and O–H groups in total. The van der Waals surface area contributed by atoms with Crippen molar-refractivity contribution in [3.8, 4) is 0 Å². The van der Waals surface area contributed by atoms with Crippen molar-refractivity contribution in [2.45, 2.75) is 71.5 Å². The summed E-state index contributed by atoms with van der Waals surface area (Å²) in [6.45, 7) is 3.64. The van der Waals surface area contributed by atoms with E-state index in [-0.39, 0.29) is 35.3 Å². The summed E-state index contributed by atoms with van der Waals surface area (Å²) in [6, 6.07) is 2.01. The third-order valence-corrected chi connectivity index (χ3v) is 9.11. The van der Waals surface area contributed by atoms with Crippen LogP contribution in [0.25, 0.3) is 0 Å². The van der Waals surface area contributed by atoms with Crippen molar-refractivity contribution in [2.75, 3.05) is 13.1 Å². The van der Waals surface area contributed by atoms with E-state index in [2.05, 4.69) is 5.10 Å². The molecule has 39 heavy (non-hydrogen) atoms. The average molecular weight is 590 g/mol. The minimum absolute atomic E-state index is 0.0668. The number of Topliss-reactive ketones (excluding diaryl/α,β-unsaturated/α-hetero) is 2. The lowest BCUT2D eigenvalue weighted by Gasteiger charge is -2.35. The van der Waals surface area contributed by atoms with Crippen LogP contribution in [-0.4, -0.2) is 51.4 Å². The van der Waals surface area contributed by atoms with Crippen LogP contribution < -0.4 is 0 Å². The van der Waals surface area contributed by atoms with E-state index in [0.717, 1.165) is 17.0 Å². The van der Waals surface area contributed by atoms with Gasteiger partial charge in [-0.25, -0.2) is 4.39 Å². The Balaban J connectivity index is 1.62. The number of carbonyl (C=O) groups is 3. The van der Waals surface area contributed by atoms with E-state index < -0.39 is 58.2 Å². The molecule has 6 nitrogen and oxygen atoms in total. The van der Waals surface area contributed by atoms with Crippen molar-refractivity contribution in [3.05, 3.63) is 51.0 Å². The van der Waals surface area contributed by atoms with Gasteiger partial charge in [-0.15, -0.1) is 0 Å². The zero-order valence-electron chi connectivity index (χ0n) is 21.8. The number of aromatic nitrogens is 2. The number of ketones is 2. The van der Waals surface area contributed by atoms with Crippen LogP contribution in [0, 0.1) is 23.6 Å². The third-order valence-electron chi connectivity index (χ3n) is 8.42. The zero-order valence-corrected chi connectivity index (χ0v) is 23.3. The molecule has 0 spiro atoms. The molecular weight excluding hydrogens is 561 g/mol. The second-order valence-corrected chi connectivity index (χ2v) is 11.8. The lowest BCUT2D eigenvalue weighted by Crippen LogP contribution is -2.44. The molecular formula is C27H29Cl2F4N3O3. The van der Waals surface area contributed by atoms with Gasteiger partial charge in [0.25, 0.3) is 5.91 Å². The lowest BCUT2D eigenvalue weighted by atomic mass is 9.71. The molecule has 1 heterocycles. The summed E-state index contributed by atoms with van der Waals surface area (Å²) >= 11 is 12.0. The van der Waals surface area contributed by atoms with Crippen LogP contribution in [0.5, 0.6) is 0 Å². The van der Waals surface area contributed by atoms with Gasteiger partial charge in [-0.1, -0.05) is 30.1 Å². The molecule has 0 aliphatic heterocycles. The van der Waals surface area contributed by atoms with Crippen LogP contribution in [0.2, 0.25) is 10.0 Å². The van der Waals surface area contributed by atoms with Gasteiger partial charge in [0.15, 0.2) is 5.78 Å². The van der Waals surface area contributed by atoms with Gasteiger partial charge in [0.05, 0.1) is 45.4 Å². The number of carbonyl (C=O) groups excluding carboxylic acids is 3. The van der Waals surface area contributed by atoms with Gasteiger partial charge in [0, 0.05) is 17.7 Å². The normalized spacial score (nSPS) is 22.4. The average Bonchev–Trinajstić information content (AvgIpc) is 3.56. The number of rotatable bonds is 8. The van der Waals surface area contributed by atoms with Crippen molar-refractivity contribution in [1.82, 2.24) is 14.7 Å². The summed E-state index contributed by atoms with van der Waals surface area (Å²) in [6.07, 6.45) is -1.02. The summed E-state index contributed by atoms with van der Waals surface area (Å²) in [7, 11) is 0. The highest BCUT2D eigenvalue weighted by Crippen LogP contribution is 2.58. The Morgan fingerprint density at radius 3 is 2.28 bits per heavy atom. The standard InChI is InChI=1S/C27H29Cl2F4N3O3/c1-15-18(12-34-36(15)17-6-8-25(3,9-7-17)16(2)37)24(39)35(14-26(10-11-26)27(31,32)33)13-21(38)22-19(28)4-5-20(30)23(22)29/h4-5,12,17H,6-11,13-14H2,1-3H3. The summed E-state index contributed by atoms with van der Waals surface area (Å²) < 4.78 is 57.3. The van der Waals surface area contributed by atoms with Crippen molar-refractivity contribution in [2.24, 2.45) is 10.8 Å². The fraction of sp³-hybridized carbons (Fsp3) is 0.556. The van der Waals surface area contributed by atoms with Crippen LogP contribution in [0.3, 0.4) is 0 Å². The molecule has 12 heteroatoms. The molecule has 2 saturated carbocycles. The maximum atomic E-state index is 14.0. The Bertz CT molecular complexity index is 1310. The Hall–Kier alpha value is -2.46. The highest BCUT2D eigenvalue weighted by molar-refractivity contribution is 6.40. The molecule has 2 aromatic rings. The highest BCUT2D eigenvalue weighted by Gasteiger charge is 2.64. The van der Waals surface area contributed by atoms with Gasteiger partial charge in [-0.2, -0.15) is 18.3 Å². The third kappa shape index (κ3) is 5.59. The topological polar surface area (TPSA) is 72.3 Å². The van der Waals surface area contributed by atoms with E-state index >= 15 is 0 Å².